The molecule has 0 radical (unpaired) electrons. The van der Waals surface area contributed by atoms with E-state index < -0.39 is 12.1 Å². The van der Waals surface area contributed by atoms with Crippen LogP contribution in [-0.2, 0) is 0 Å². The van der Waals surface area contributed by atoms with Gasteiger partial charge in [0.25, 0.3) is 0 Å². The van der Waals surface area contributed by atoms with Gasteiger partial charge in [-0.2, -0.15) is 0 Å². The molecule has 1 N–H and O–H groups in total. The summed E-state index contributed by atoms with van der Waals surface area (Å²) in [6.07, 6.45) is 0.543. The van der Waals surface area contributed by atoms with Gasteiger partial charge in [-0.25, -0.2) is 4.79 Å². The minimum absolute atomic E-state index is 0.224. The third-order valence-electron chi connectivity index (χ3n) is 2.67. The molecule has 19 heavy (non-hydrogen) atoms. The van der Waals surface area contributed by atoms with Crippen LogP contribution >= 0.6 is 23.2 Å². The molecular weight excluding hydrogens is 289 g/mol. The maximum atomic E-state index is 12.3. The molecule has 1 aromatic carbocycles. The molecule has 102 valence electrons. The second-order valence-electron chi connectivity index (χ2n) is 3.93. The number of amides is 1. The van der Waals surface area contributed by atoms with Gasteiger partial charge in [-0.15, -0.1) is 6.58 Å². The Morgan fingerprint density at radius 3 is 2.53 bits per heavy atom. The summed E-state index contributed by atoms with van der Waals surface area (Å²) in [4.78, 5) is 24.2. The summed E-state index contributed by atoms with van der Waals surface area (Å²) >= 11 is 11.6. The highest BCUT2D eigenvalue weighted by Gasteiger charge is 2.26. The molecule has 0 unspecified atom stereocenters. The van der Waals surface area contributed by atoms with Gasteiger partial charge < -0.3 is 10.0 Å². The topological polar surface area (TPSA) is 57.6 Å². The van der Waals surface area contributed by atoms with Crippen molar-refractivity contribution in [3.63, 3.8) is 0 Å². The predicted molar refractivity (Wildman–Crippen MR) is 75.2 cm³/mol. The zero-order valence-corrected chi connectivity index (χ0v) is 11.8. The molecule has 1 aromatic rings. The minimum atomic E-state index is -1.18. The summed E-state index contributed by atoms with van der Waals surface area (Å²) in [5.41, 5.74) is 0.314. The highest BCUT2D eigenvalue weighted by Crippen LogP contribution is 2.24. The van der Waals surface area contributed by atoms with Gasteiger partial charge in [0.05, 0.1) is 10.0 Å². The van der Waals surface area contributed by atoms with Crippen molar-refractivity contribution in [2.45, 2.75) is 12.5 Å². The largest absolute Gasteiger partial charge is 0.465 e. The molecule has 1 atom stereocenters. The van der Waals surface area contributed by atoms with Gasteiger partial charge in [0, 0.05) is 12.6 Å². The van der Waals surface area contributed by atoms with Gasteiger partial charge in [-0.1, -0.05) is 29.3 Å². The fourth-order valence-corrected chi connectivity index (χ4v) is 1.87. The number of benzene rings is 1. The third kappa shape index (κ3) is 3.72. The van der Waals surface area contributed by atoms with E-state index in [4.69, 9.17) is 28.3 Å². The number of carboxylic acid groups (broad SMARTS) is 1. The number of carbonyl (C=O) groups is 2. The van der Waals surface area contributed by atoms with Crippen LogP contribution in [-0.4, -0.2) is 35.0 Å². The highest BCUT2D eigenvalue weighted by molar-refractivity contribution is 6.42. The summed E-state index contributed by atoms with van der Waals surface area (Å²) in [5, 5.41) is 9.56. The Hall–Kier alpha value is -1.52. The quantitative estimate of drug-likeness (QED) is 0.666. The minimum Gasteiger partial charge on any atom is -0.465 e. The number of carbonyl (C=O) groups excluding carboxylic acids is 1. The van der Waals surface area contributed by atoms with Crippen molar-refractivity contribution in [3.05, 3.63) is 46.5 Å². The van der Waals surface area contributed by atoms with E-state index in [9.17, 15) is 9.59 Å². The Balaban J connectivity index is 3.08. The molecule has 1 rings (SSSR count). The summed E-state index contributed by atoms with van der Waals surface area (Å²) in [6.45, 7) is 3.53. The SMILES string of the molecule is C=CC[C@@H](C(=O)c1ccc(Cl)c(Cl)c1)N(C)C(=O)O. The number of nitrogens with zero attached hydrogens (tertiary/aromatic N) is 1. The normalized spacial score (nSPS) is 11.7. The van der Waals surface area contributed by atoms with Crippen LogP contribution in [0.1, 0.15) is 16.8 Å². The fraction of sp³-hybridized carbons (Fsp3) is 0.231. The molecule has 6 heteroatoms. The van der Waals surface area contributed by atoms with Crippen molar-refractivity contribution in [1.82, 2.24) is 4.90 Å². The van der Waals surface area contributed by atoms with Crippen LogP contribution in [0.4, 0.5) is 4.79 Å². The molecule has 4 nitrogen and oxygen atoms in total. The summed E-state index contributed by atoms with van der Waals surface area (Å²) in [5.74, 6) is -0.344. The lowest BCUT2D eigenvalue weighted by molar-refractivity contribution is 0.0828. The molecule has 0 spiro atoms. The van der Waals surface area contributed by atoms with Crippen molar-refractivity contribution in [2.75, 3.05) is 7.05 Å². The first kappa shape index (κ1) is 15.5. The number of rotatable bonds is 5. The molecule has 0 bridgehead atoms. The fourth-order valence-electron chi connectivity index (χ4n) is 1.57. The second-order valence-corrected chi connectivity index (χ2v) is 4.74. The van der Waals surface area contributed by atoms with Crippen molar-refractivity contribution >= 4 is 35.1 Å². The van der Waals surface area contributed by atoms with Gasteiger partial charge in [0.15, 0.2) is 5.78 Å². The number of ketones is 1. The Labute approximate surface area is 121 Å². The van der Waals surface area contributed by atoms with E-state index in [1.807, 2.05) is 0 Å². The molecule has 0 saturated carbocycles. The number of halogens is 2. The van der Waals surface area contributed by atoms with E-state index >= 15 is 0 Å². The van der Waals surface area contributed by atoms with E-state index in [-0.39, 0.29) is 17.2 Å². The maximum absolute atomic E-state index is 12.3. The number of hydrogen-bond donors (Lipinski definition) is 1. The summed E-state index contributed by atoms with van der Waals surface area (Å²) in [7, 11) is 1.34. The number of Topliss-reactive ketones (excluding diaryl/α,β-unsaturated/α-hetero) is 1. The maximum Gasteiger partial charge on any atom is 0.407 e. The van der Waals surface area contributed by atoms with E-state index in [0.29, 0.717) is 10.6 Å². The van der Waals surface area contributed by atoms with Crippen molar-refractivity contribution in [3.8, 4) is 0 Å². The van der Waals surface area contributed by atoms with Gasteiger partial charge in [-0.05, 0) is 24.6 Å². The Morgan fingerprint density at radius 1 is 1.42 bits per heavy atom. The van der Waals surface area contributed by atoms with Crippen LogP contribution in [0.25, 0.3) is 0 Å². The molecule has 0 aromatic heterocycles. The monoisotopic (exact) mass is 301 g/mol. The van der Waals surface area contributed by atoms with E-state index in [0.717, 1.165) is 4.90 Å². The number of hydrogen-bond acceptors (Lipinski definition) is 2. The third-order valence-corrected chi connectivity index (χ3v) is 3.40. The first-order chi connectivity index (χ1) is 8.88. The Morgan fingerprint density at radius 2 is 2.05 bits per heavy atom. The van der Waals surface area contributed by atoms with Gasteiger partial charge in [0.2, 0.25) is 0 Å². The molecule has 0 heterocycles. The van der Waals surface area contributed by atoms with Crippen molar-refractivity contribution in [1.29, 1.82) is 0 Å². The lowest BCUT2D eigenvalue weighted by Crippen LogP contribution is -2.41. The first-order valence-corrected chi connectivity index (χ1v) is 6.20. The molecule has 0 aliphatic carbocycles. The van der Waals surface area contributed by atoms with E-state index in [1.54, 1.807) is 0 Å². The van der Waals surface area contributed by atoms with E-state index in [1.165, 1.54) is 31.3 Å². The van der Waals surface area contributed by atoms with Gasteiger partial charge in [-0.3, -0.25) is 4.79 Å². The van der Waals surface area contributed by atoms with Crippen LogP contribution < -0.4 is 0 Å². The van der Waals surface area contributed by atoms with E-state index in [2.05, 4.69) is 6.58 Å². The molecule has 0 aliphatic heterocycles. The molecular formula is C13H13Cl2NO3. The van der Waals surface area contributed by atoms with Crippen LogP contribution in [0.15, 0.2) is 30.9 Å². The smallest absolute Gasteiger partial charge is 0.407 e. The first-order valence-electron chi connectivity index (χ1n) is 5.44. The summed E-state index contributed by atoms with van der Waals surface area (Å²) < 4.78 is 0. The highest BCUT2D eigenvalue weighted by atomic mass is 35.5. The molecule has 1 amide bonds. The van der Waals surface area contributed by atoms with Crippen molar-refractivity contribution < 1.29 is 14.7 Å². The molecule has 0 aliphatic rings. The average Bonchev–Trinajstić information content (AvgIpc) is 2.37. The average molecular weight is 302 g/mol. The standard InChI is InChI=1S/C13H13Cl2NO3/c1-3-4-11(16(2)13(18)19)12(17)8-5-6-9(14)10(15)7-8/h3,5-7,11H,1,4H2,2H3,(H,18,19)/t11-/m0/s1. The van der Waals surface area contributed by atoms with Crippen LogP contribution in [0.3, 0.4) is 0 Å². The predicted octanol–water partition coefficient (Wildman–Crippen LogP) is 3.73. The van der Waals surface area contributed by atoms with Crippen LogP contribution in [0.2, 0.25) is 10.0 Å². The summed E-state index contributed by atoms with van der Waals surface area (Å²) in [6, 6.07) is 3.62. The van der Waals surface area contributed by atoms with Gasteiger partial charge in [0.1, 0.15) is 6.04 Å². The van der Waals surface area contributed by atoms with Crippen LogP contribution in [0.5, 0.6) is 0 Å². The Kier molecular flexibility index (Phi) is 5.39. The second kappa shape index (κ2) is 6.59. The zero-order valence-electron chi connectivity index (χ0n) is 10.3. The van der Waals surface area contributed by atoms with Gasteiger partial charge >= 0.3 is 6.09 Å². The number of likely N-dealkylation sites (N-methyl/N-ethyl adjacent to an activating group) is 1. The lowest BCUT2D eigenvalue weighted by Gasteiger charge is -2.23. The lowest BCUT2D eigenvalue weighted by atomic mass is 10.0. The van der Waals surface area contributed by atoms with Crippen molar-refractivity contribution in [2.24, 2.45) is 0 Å². The Bertz CT molecular complexity index is 517. The zero-order chi connectivity index (χ0) is 14.6. The van der Waals surface area contributed by atoms with Crippen LogP contribution in [0, 0.1) is 0 Å². The molecule has 0 fully saturated rings. The molecule has 0 saturated heterocycles.